The Balaban J connectivity index is 1.30. The van der Waals surface area contributed by atoms with Gasteiger partial charge < -0.3 is 14.5 Å². The maximum atomic E-state index is 13.5. The molecule has 1 N–H and O–H groups in total. The highest BCUT2D eigenvalue weighted by atomic mass is 19.1. The van der Waals surface area contributed by atoms with Gasteiger partial charge in [-0.1, -0.05) is 48.5 Å². The number of piperidine rings is 3. The Labute approximate surface area is 215 Å². The first-order valence-corrected chi connectivity index (χ1v) is 12.7. The fourth-order valence-corrected chi connectivity index (χ4v) is 5.55. The molecule has 0 aliphatic carbocycles. The molecular weight excluding hydrogens is 471 g/mol. The van der Waals surface area contributed by atoms with Gasteiger partial charge in [-0.25, -0.2) is 9.18 Å². The number of quaternary nitrogens is 1. The zero-order chi connectivity index (χ0) is 25.8. The van der Waals surface area contributed by atoms with E-state index in [0.717, 1.165) is 25.9 Å². The van der Waals surface area contributed by atoms with Crippen molar-refractivity contribution in [2.75, 3.05) is 26.2 Å². The Morgan fingerprint density at radius 3 is 2.14 bits per heavy atom. The van der Waals surface area contributed by atoms with Crippen LogP contribution in [0.1, 0.15) is 45.2 Å². The number of carbonyl (C=O) groups is 3. The number of rotatable bonds is 8. The number of nitrogens with one attached hydrogen (secondary N) is 1. The number of amides is 1. The second-order valence-electron chi connectivity index (χ2n) is 10.1. The van der Waals surface area contributed by atoms with Crippen LogP contribution >= 0.6 is 0 Å². The molecule has 1 amide bonds. The van der Waals surface area contributed by atoms with E-state index in [2.05, 4.69) is 5.32 Å². The van der Waals surface area contributed by atoms with Crippen LogP contribution in [0.2, 0.25) is 0 Å². The summed E-state index contributed by atoms with van der Waals surface area (Å²) in [4.78, 5) is 39.4. The topological polar surface area (TPSA) is 72.5 Å². The van der Waals surface area contributed by atoms with Crippen LogP contribution in [0.3, 0.4) is 0 Å². The maximum Gasteiger partial charge on any atom is 0.333 e. The van der Waals surface area contributed by atoms with Gasteiger partial charge >= 0.3 is 5.97 Å². The van der Waals surface area contributed by atoms with Crippen LogP contribution in [0.5, 0.6) is 0 Å². The lowest BCUT2D eigenvalue weighted by molar-refractivity contribution is -0.938. The van der Waals surface area contributed by atoms with E-state index in [0.29, 0.717) is 34.3 Å². The molecule has 3 aromatic carbocycles. The van der Waals surface area contributed by atoms with Crippen LogP contribution in [0.4, 0.5) is 4.39 Å². The fourth-order valence-electron chi connectivity index (χ4n) is 5.55. The van der Waals surface area contributed by atoms with E-state index in [1.807, 2.05) is 24.3 Å². The summed E-state index contributed by atoms with van der Waals surface area (Å²) in [6, 6.07) is 22.5. The third kappa shape index (κ3) is 5.62. The molecule has 1 unspecified atom stereocenters. The van der Waals surface area contributed by atoms with Crippen molar-refractivity contribution in [1.29, 1.82) is 0 Å². The van der Waals surface area contributed by atoms with E-state index < -0.39 is 12.0 Å². The number of nitrogens with zero attached hydrogens (tertiary/aromatic N) is 1. The second kappa shape index (κ2) is 10.6. The van der Waals surface area contributed by atoms with Gasteiger partial charge in [-0.05, 0) is 42.0 Å². The lowest BCUT2D eigenvalue weighted by Crippen LogP contribution is -2.66. The molecule has 3 heterocycles. The summed E-state index contributed by atoms with van der Waals surface area (Å²) in [5.41, 5.74) is 1.60. The first-order chi connectivity index (χ1) is 17.9. The lowest BCUT2D eigenvalue weighted by Gasteiger charge is -2.51. The molecule has 0 saturated carbocycles. The minimum absolute atomic E-state index is 0.0392. The summed E-state index contributed by atoms with van der Waals surface area (Å²) in [7, 11) is 0. The van der Waals surface area contributed by atoms with Gasteiger partial charge in [0, 0.05) is 29.9 Å². The highest BCUT2D eigenvalue weighted by Gasteiger charge is 2.49. The highest BCUT2D eigenvalue weighted by molar-refractivity contribution is 5.97. The molecule has 6 nitrogen and oxygen atoms in total. The average Bonchev–Trinajstić information content (AvgIpc) is 2.93. The van der Waals surface area contributed by atoms with Crippen molar-refractivity contribution in [3.8, 4) is 0 Å². The molecule has 0 spiro atoms. The van der Waals surface area contributed by atoms with E-state index >= 15 is 0 Å². The number of fused-ring (bicyclic) bond motifs is 3. The summed E-state index contributed by atoms with van der Waals surface area (Å²) in [5.74, 6) is -1.04. The molecule has 6 rings (SSSR count). The Morgan fingerprint density at radius 2 is 1.49 bits per heavy atom. The lowest BCUT2D eigenvalue weighted by atomic mass is 9.82. The third-order valence-electron chi connectivity index (χ3n) is 7.63. The number of Topliss-reactive ketones (excluding diaryl/α,β-unsaturated/α-hetero) is 1. The van der Waals surface area contributed by atoms with Crippen LogP contribution in [0.15, 0.2) is 84.9 Å². The number of hydrogen-bond acceptors (Lipinski definition) is 4. The predicted octanol–water partition coefficient (Wildman–Crippen LogP) is 4.33. The summed E-state index contributed by atoms with van der Waals surface area (Å²) in [6.07, 6.45) is 1.39. The Hall–Kier alpha value is -3.84. The number of ether oxygens (including phenoxy) is 1. The Kier molecular flexibility index (Phi) is 7.15. The number of hydrogen-bond donors (Lipinski definition) is 1. The van der Waals surface area contributed by atoms with Crippen molar-refractivity contribution in [3.63, 3.8) is 0 Å². The van der Waals surface area contributed by atoms with Gasteiger partial charge in [0.15, 0.2) is 12.1 Å². The minimum atomic E-state index is -0.946. The predicted molar refractivity (Wildman–Crippen MR) is 136 cm³/mol. The summed E-state index contributed by atoms with van der Waals surface area (Å²) < 4.78 is 19.9. The standard InChI is InChI=1S/C30H29FN2O4/c31-25-13-11-21(12-14-25)26(34)19-33-17-15-22(16-18-33)27(20-33)37-30(36)28(23-7-3-1-4-8-23)32-29(35)24-9-5-2-6-10-24/h1-14,22,27-28H,15-20H2/p+1/t22?,27-,28?,33?/m0/s1. The van der Waals surface area contributed by atoms with E-state index in [4.69, 9.17) is 4.74 Å². The van der Waals surface area contributed by atoms with E-state index in [1.54, 1.807) is 36.4 Å². The molecule has 2 bridgehead atoms. The van der Waals surface area contributed by atoms with E-state index in [1.165, 1.54) is 24.3 Å². The van der Waals surface area contributed by atoms with Gasteiger partial charge in [-0.2, -0.15) is 0 Å². The second-order valence-corrected chi connectivity index (χ2v) is 10.1. The molecule has 190 valence electrons. The van der Waals surface area contributed by atoms with Crippen molar-refractivity contribution in [2.24, 2.45) is 5.92 Å². The smallest absolute Gasteiger partial charge is 0.333 e. The first kappa shape index (κ1) is 24.8. The number of halogens is 1. The Bertz CT molecular complexity index is 1260. The molecule has 0 radical (unpaired) electrons. The van der Waals surface area contributed by atoms with E-state index in [-0.39, 0.29) is 29.5 Å². The first-order valence-electron chi connectivity index (χ1n) is 12.7. The molecule has 3 aliphatic heterocycles. The van der Waals surface area contributed by atoms with E-state index in [9.17, 15) is 18.8 Å². The number of benzene rings is 3. The van der Waals surface area contributed by atoms with Crippen molar-refractivity contribution in [2.45, 2.75) is 25.0 Å². The number of ketones is 1. The molecular formula is C30H30FN2O4+. The molecule has 3 fully saturated rings. The monoisotopic (exact) mass is 501 g/mol. The van der Waals surface area contributed by atoms with Gasteiger partial charge in [-0.15, -0.1) is 0 Å². The highest BCUT2D eigenvalue weighted by Crippen LogP contribution is 2.36. The van der Waals surface area contributed by atoms with Crippen LogP contribution in [-0.2, 0) is 9.53 Å². The fraction of sp³-hybridized carbons (Fsp3) is 0.300. The normalized spacial score (nSPS) is 23.2. The maximum absolute atomic E-state index is 13.5. The SMILES string of the molecule is O=C(C[N+]12CCC(CC1)[C@@H](OC(=O)C(NC(=O)c1ccccc1)c1ccccc1)C2)c1ccc(F)cc1. The quantitative estimate of drug-likeness (QED) is 0.283. The molecule has 7 heteroatoms. The molecule has 3 aromatic rings. The summed E-state index contributed by atoms with van der Waals surface area (Å²) >= 11 is 0. The van der Waals surface area contributed by atoms with Crippen molar-refractivity contribution in [1.82, 2.24) is 5.32 Å². The number of esters is 1. The van der Waals surface area contributed by atoms with Gasteiger partial charge in [-0.3, -0.25) is 9.59 Å². The zero-order valence-electron chi connectivity index (χ0n) is 20.5. The molecule has 3 saturated heterocycles. The summed E-state index contributed by atoms with van der Waals surface area (Å²) in [6.45, 7) is 2.54. The van der Waals surface area contributed by atoms with Crippen LogP contribution in [-0.4, -0.2) is 54.4 Å². The van der Waals surface area contributed by atoms with Crippen molar-refractivity contribution < 1.29 is 28.0 Å². The van der Waals surface area contributed by atoms with Crippen molar-refractivity contribution >= 4 is 17.7 Å². The average molecular weight is 502 g/mol. The number of carbonyl (C=O) groups excluding carboxylic acids is 3. The largest absolute Gasteiger partial charge is 0.454 e. The summed E-state index contributed by atoms with van der Waals surface area (Å²) in [5, 5.41) is 2.85. The molecule has 3 aliphatic rings. The zero-order valence-corrected chi connectivity index (χ0v) is 20.5. The minimum Gasteiger partial charge on any atom is -0.454 e. The van der Waals surface area contributed by atoms with Crippen LogP contribution in [0.25, 0.3) is 0 Å². The molecule has 2 atom stereocenters. The molecule has 37 heavy (non-hydrogen) atoms. The third-order valence-corrected chi connectivity index (χ3v) is 7.63. The van der Waals surface area contributed by atoms with Gasteiger partial charge in [0.05, 0.1) is 13.1 Å². The van der Waals surface area contributed by atoms with Gasteiger partial charge in [0.1, 0.15) is 18.9 Å². The van der Waals surface area contributed by atoms with Crippen molar-refractivity contribution in [3.05, 3.63) is 107 Å². The van der Waals surface area contributed by atoms with Gasteiger partial charge in [0.2, 0.25) is 5.78 Å². The van der Waals surface area contributed by atoms with Crippen LogP contribution in [0, 0.1) is 11.7 Å². The van der Waals surface area contributed by atoms with Crippen LogP contribution < -0.4 is 5.32 Å². The molecule has 0 aromatic heterocycles. The Morgan fingerprint density at radius 1 is 0.865 bits per heavy atom. The van der Waals surface area contributed by atoms with Gasteiger partial charge in [0.25, 0.3) is 5.91 Å².